The molecule has 20 heavy (non-hydrogen) atoms. The summed E-state index contributed by atoms with van der Waals surface area (Å²) in [5, 5.41) is 4.54. The Hall–Kier alpha value is -1.45. The smallest absolute Gasteiger partial charge is 0.0891 e. The first kappa shape index (κ1) is 13.5. The van der Waals surface area contributed by atoms with Gasteiger partial charge in [0.25, 0.3) is 0 Å². The molecule has 0 unspecified atom stereocenters. The van der Waals surface area contributed by atoms with Crippen molar-refractivity contribution in [1.82, 2.24) is 10.3 Å². The van der Waals surface area contributed by atoms with Gasteiger partial charge in [0.15, 0.2) is 0 Å². The molecule has 1 aromatic carbocycles. The lowest BCUT2D eigenvalue weighted by molar-refractivity contribution is 0.0104. The van der Waals surface area contributed by atoms with Gasteiger partial charge < -0.3 is 10.1 Å². The van der Waals surface area contributed by atoms with E-state index in [-0.39, 0.29) is 0 Å². The minimum absolute atomic E-state index is 0.396. The first-order chi connectivity index (χ1) is 9.85. The van der Waals surface area contributed by atoms with Gasteiger partial charge in [-0.05, 0) is 44.9 Å². The molecule has 0 saturated heterocycles. The van der Waals surface area contributed by atoms with Gasteiger partial charge >= 0.3 is 0 Å². The molecule has 0 aliphatic heterocycles. The van der Waals surface area contributed by atoms with Crippen molar-refractivity contribution in [2.75, 3.05) is 7.05 Å². The molecule has 0 spiro atoms. The number of nitrogens with zero attached hydrogens (tertiary/aromatic N) is 1. The number of aromatic nitrogens is 1. The second-order valence-electron chi connectivity index (χ2n) is 5.57. The summed E-state index contributed by atoms with van der Waals surface area (Å²) in [5.41, 5.74) is 2.08. The third-order valence-electron chi connectivity index (χ3n) is 4.21. The van der Waals surface area contributed by atoms with Crippen molar-refractivity contribution in [2.45, 2.75) is 44.4 Å². The Bertz CT molecular complexity index is 562. The molecule has 1 N–H and O–H groups in total. The number of hydrogen-bond donors (Lipinski definition) is 1. The maximum atomic E-state index is 6.02. The third-order valence-corrected chi connectivity index (χ3v) is 4.21. The van der Waals surface area contributed by atoms with Crippen LogP contribution in [0.15, 0.2) is 36.4 Å². The largest absolute Gasteiger partial charge is 0.372 e. The molecule has 0 bridgehead atoms. The molecule has 0 radical (unpaired) electrons. The van der Waals surface area contributed by atoms with Gasteiger partial charge in [0.05, 0.1) is 23.9 Å². The topological polar surface area (TPSA) is 34.1 Å². The van der Waals surface area contributed by atoms with Crippen molar-refractivity contribution in [1.29, 1.82) is 0 Å². The monoisotopic (exact) mass is 270 g/mol. The van der Waals surface area contributed by atoms with E-state index in [0.717, 1.165) is 24.1 Å². The lowest BCUT2D eigenvalue weighted by Gasteiger charge is -2.28. The van der Waals surface area contributed by atoms with Crippen molar-refractivity contribution >= 4 is 10.9 Å². The van der Waals surface area contributed by atoms with Crippen LogP contribution >= 0.6 is 0 Å². The molecule has 2 aromatic rings. The van der Waals surface area contributed by atoms with E-state index in [1.165, 1.54) is 18.2 Å². The maximum absolute atomic E-state index is 6.02. The summed E-state index contributed by atoms with van der Waals surface area (Å²) in [6.07, 6.45) is 5.13. The Labute approximate surface area is 120 Å². The zero-order chi connectivity index (χ0) is 13.8. The van der Waals surface area contributed by atoms with E-state index < -0.39 is 0 Å². The molecule has 106 valence electrons. The van der Waals surface area contributed by atoms with Gasteiger partial charge in [0.2, 0.25) is 0 Å². The van der Waals surface area contributed by atoms with E-state index in [2.05, 4.69) is 34.6 Å². The van der Waals surface area contributed by atoms with E-state index >= 15 is 0 Å². The standard InChI is InChI=1S/C17H22N2O/c1-18-14-8-10-16(11-9-14)20-12-15-7-6-13-4-2-3-5-17(13)19-15/h2-7,14,16,18H,8-12H2,1H3. The van der Waals surface area contributed by atoms with Crippen LogP contribution in [0.4, 0.5) is 0 Å². The van der Waals surface area contributed by atoms with Crippen molar-refractivity contribution < 1.29 is 4.74 Å². The van der Waals surface area contributed by atoms with Crippen LogP contribution in [0.2, 0.25) is 0 Å². The Kier molecular flexibility index (Phi) is 4.28. The summed E-state index contributed by atoms with van der Waals surface area (Å²) in [4.78, 5) is 4.65. The highest BCUT2D eigenvalue weighted by molar-refractivity contribution is 5.78. The Balaban J connectivity index is 1.57. The molecular formula is C17H22N2O. The molecule has 1 aliphatic rings. The highest BCUT2D eigenvalue weighted by atomic mass is 16.5. The minimum Gasteiger partial charge on any atom is -0.372 e. The molecule has 1 fully saturated rings. The SMILES string of the molecule is CNC1CCC(OCc2ccc3ccccc3n2)CC1. The fourth-order valence-corrected chi connectivity index (χ4v) is 2.91. The van der Waals surface area contributed by atoms with Gasteiger partial charge in [-0.25, -0.2) is 0 Å². The lowest BCUT2D eigenvalue weighted by Crippen LogP contribution is -2.32. The Morgan fingerprint density at radius 3 is 2.70 bits per heavy atom. The molecule has 3 heteroatoms. The predicted octanol–water partition coefficient (Wildman–Crippen LogP) is 3.28. The van der Waals surface area contributed by atoms with Gasteiger partial charge in [0, 0.05) is 11.4 Å². The van der Waals surface area contributed by atoms with Crippen molar-refractivity contribution in [2.24, 2.45) is 0 Å². The fourth-order valence-electron chi connectivity index (χ4n) is 2.91. The first-order valence-corrected chi connectivity index (χ1v) is 7.48. The number of pyridine rings is 1. The summed E-state index contributed by atoms with van der Waals surface area (Å²) in [7, 11) is 2.05. The number of fused-ring (bicyclic) bond motifs is 1. The molecule has 3 rings (SSSR count). The molecule has 1 aliphatic carbocycles. The quantitative estimate of drug-likeness (QED) is 0.925. The van der Waals surface area contributed by atoms with Crippen LogP contribution in [0, 0.1) is 0 Å². The van der Waals surface area contributed by atoms with Crippen LogP contribution in [0.5, 0.6) is 0 Å². The van der Waals surface area contributed by atoms with Crippen molar-refractivity contribution in [3.63, 3.8) is 0 Å². The van der Waals surface area contributed by atoms with E-state index in [9.17, 15) is 0 Å². The highest BCUT2D eigenvalue weighted by Crippen LogP contribution is 2.22. The second kappa shape index (κ2) is 6.33. The highest BCUT2D eigenvalue weighted by Gasteiger charge is 2.20. The predicted molar refractivity (Wildman–Crippen MR) is 81.6 cm³/mol. The maximum Gasteiger partial charge on any atom is 0.0891 e. The molecule has 1 saturated carbocycles. The first-order valence-electron chi connectivity index (χ1n) is 7.48. The Morgan fingerprint density at radius 1 is 1.10 bits per heavy atom. The van der Waals surface area contributed by atoms with Gasteiger partial charge in [-0.1, -0.05) is 24.3 Å². The number of benzene rings is 1. The van der Waals surface area contributed by atoms with E-state index in [4.69, 9.17) is 4.74 Å². The average molecular weight is 270 g/mol. The lowest BCUT2D eigenvalue weighted by atomic mass is 9.93. The zero-order valence-electron chi connectivity index (χ0n) is 12.0. The van der Waals surface area contributed by atoms with Crippen molar-refractivity contribution in [3.8, 4) is 0 Å². The fraction of sp³-hybridized carbons (Fsp3) is 0.471. The second-order valence-corrected chi connectivity index (χ2v) is 5.57. The molecular weight excluding hydrogens is 248 g/mol. The van der Waals surface area contributed by atoms with Crippen LogP contribution in [-0.2, 0) is 11.3 Å². The van der Waals surface area contributed by atoms with E-state index in [0.29, 0.717) is 18.8 Å². The van der Waals surface area contributed by atoms with Crippen molar-refractivity contribution in [3.05, 3.63) is 42.1 Å². The van der Waals surface area contributed by atoms with Crippen LogP contribution in [0.3, 0.4) is 0 Å². The molecule has 1 aromatic heterocycles. The summed E-state index contributed by atoms with van der Waals surface area (Å²) in [6.45, 7) is 0.625. The van der Waals surface area contributed by atoms with Crippen LogP contribution in [-0.4, -0.2) is 24.2 Å². The number of ether oxygens (including phenoxy) is 1. The van der Waals surface area contributed by atoms with Crippen LogP contribution in [0.25, 0.3) is 10.9 Å². The van der Waals surface area contributed by atoms with Gasteiger partial charge in [-0.3, -0.25) is 4.98 Å². The van der Waals surface area contributed by atoms with Crippen LogP contribution < -0.4 is 5.32 Å². The summed E-state index contributed by atoms with van der Waals surface area (Å²) in [5.74, 6) is 0. The third kappa shape index (κ3) is 3.17. The normalized spacial score (nSPS) is 23.1. The average Bonchev–Trinajstić information content (AvgIpc) is 2.53. The summed E-state index contributed by atoms with van der Waals surface area (Å²) >= 11 is 0. The number of nitrogens with one attached hydrogen (secondary N) is 1. The van der Waals surface area contributed by atoms with E-state index in [1.54, 1.807) is 0 Å². The van der Waals surface area contributed by atoms with E-state index in [1.807, 2.05) is 19.2 Å². The van der Waals surface area contributed by atoms with Gasteiger partial charge in [0.1, 0.15) is 0 Å². The molecule has 0 amide bonds. The van der Waals surface area contributed by atoms with Gasteiger partial charge in [-0.15, -0.1) is 0 Å². The summed E-state index contributed by atoms with van der Waals surface area (Å²) < 4.78 is 6.02. The molecule has 1 heterocycles. The van der Waals surface area contributed by atoms with Crippen LogP contribution in [0.1, 0.15) is 31.4 Å². The number of rotatable bonds is 4. The molecule has 0 atom stereocenters. The molecule has 3 nitrogen and oxygen atoms in total. The Morgan fingerprint density at radius 2 is 1.90 bits per heavy atom. The summed E-state index contributed by atoms with van der Waals surface area (Å²) in [6, 6.07) is 13.1. The zero-order valence-corrected chi connectivity index (χ0v) is 12.0. The minimum atomic E-state index is 0.396. The number of hydrogen-bond acceptors (Lipinski definition) is 3. The van der Waals surface area contributed by atoms with Gasteiger partial charge in [-0.2, -0.15) is 0 Å². The number of para-hydroxylation sites is 1.